The van der Waals surface area contributed by atoms with Gasteiger partial charge in [-0.25, -0.2) is 4.79 Å². The van der Waals surface area contributed by atoms with E-state index in [1.54, 1.807) is 12.4 Å². The van der Waals surface area contributed by atoms with E-state index in [-0.39, 0.29) is 38.0 Å². The molecule has 0 saturated carbocycles. The summed E-state index contributed by atoms with van der Waals surface area (Å²) in [5, 5.41) is 19.5. The number of hydrogen-bond donors (Lipinski definition) is 8. The summed E-state index contributed by atoms with van der Waals surface area (Å²) in [6, 6.07) is 10.3. The van der Waals surface area contributed by atoms with E-state index >= 15 is 0 Å². The number of benzene rings is 2. The van der Waals surface area contributed by atoms with Gasteiger partial charge < -0.3 is 42.5 Å². The smallest absolute Gasteiger partial charge is 0.326 e. The number of primary amides is 1. The van der Waals surface area contributed by atoms with Crippen molar-refractivity contribution in [1.82, 2.24) is 25.9 Å². The molecule has 46 heavy (non-hydrogen) atoms. The summed E-state index contributed by atoms with van der Waals surface area (Å²) < 4.78 is 0. The minimum atomic E-state index is -1.19. The number of fused-ring (bicyclic) bond motifs is 2. The molecule has 10 N–H and O–H groups in total. The van der Waals surface area contributed by atoms with Gasteiger partial charge in [0.05, 0.1) is 6.04 Å². The number of aromatic amines is 2. The number of nitrogens with two attached hydrogens (primary N) is 2. The molecule has 244 valence electrons. The van der Waals surface area contributed by atoms with Crippen LogP contribution in [0.3, 0.4) is 0 Å². The first kappa shape index (κ1) is 33.7. The van der Waals surface area contributed by atoms with Crippen molar-refractivity contribution in [2.45, 2.75) is 70.1 Å². The average molecular weight is 632 g/mol. The summed E-state index contributed by atoms with van der Waals surface area (Å²) in [6.45, 7) is 3.69. The third-order valence-electron chi connectivity index (χ3n) is 7.82. The molecule has 2 heterocycles. The zero-order valence-electron chi connectivity index (χ0n) is 25.8. The first-order valence-corrected chi connectivity index (χ1v) is 15.2. The Morgan fingerprint density at radius 2 is 1.20 bits per heavy atom. The van der Waals surface area contributed by atoms with Crippen LogP contribution in [0.2, 0.25) is 0 Å². The van der Waals surface area contributed by atoms with E-state index in [4.69, 9.17) is 11.5 Å². The maximum absolute atomic E-state index is 14.0. The van der Waals surface area contributed by atoms with E-state index in [1.807, 2.05) is 62.4 Å². The molecule has 0 radical (unpaired) electrons. The lowest BCUT2D eigenvalue weighted by atomic mass is 10.00. The minimum absolute atomic E-state index is 0.0133. The molecule has 0 aliphatic carbocycles. The molecule has 0 saturated heterocycles. The number of aliphatic carboxylic acids is 1. The van der Waals surface area contributed by atoms with Gasteiger partial charge in [0.15, 0.2) is 0 Å². The maximum atomic E-state index is 14.0. The molecule has 2 aromatic heterocycles. The molecule has 4 unspecified atom stereocenters. The van der Waals surface area contributed by atoms with Crippen LogP contribution < -0.4 is 27.4 Å². The highest BCUT2D eigenvalue weighted by atomic mass is 16.4. The van der Waals surface area contributed by atoms with Gasteiger partial charge in [-0.05, 0) is 42.0 Å². The van der Waals surface area contributed by atoms with E-state index in [1.165, 1.54) is 0 Å². The normalized spacial score (nSPS) is 14.0. The van der Waals surface area contributed by atoms with Crippen LogP contribution in [0, 0.1) is 5.92 Å². The lowest BCUT2D eigenvalue weighted by molar-refractivity contribution is -0.142. The van der Waals surface area contributed by atoms with Crippen molar-refractivity contribution in [1.29, 1.82) is 0 Å². The Bertz CT molecular complexity index is 1710. The number of nitrogens with one attached hydrogen (secondary N) is 5. The summed E-state index contributed by atoms with van der Waals surface area (Å²) in [6.07, 6.45) is 3.64. The summed E-state index contributed by atoms with van der Waals surface area (Å²) in [4.78, 5) is 70.3. The van der Waals surface area contributed by atoms with Crippen molar-refractivity contribution in [3.8, 4) is 0 Å². The number of para-hydroxylation sites is 2. The Morgan fingerprint density at radius 1 is 0.739 bits per heavy atom. The molecule has 0 spiro atoms. The van der Waals surface area contributed by atoms with Gasteiger partial charge in [-0.1, -0.05) is 50.2 Å². The number of carboxylic acids is 1. The number of carboxylic acid groups (broad SMARTS) is 1. The molecule has 4 amide bonds. The van der Waals surface area contributed by atoms with Gasteiger partial charge >= 0.3 is 5.97 Å². The predicted octanol–water partition coefficient (Wildman–Crippen LogP) is 1.61. The quantitative estimate of drug-likeness (QED) is 0.0911. The lowest BCUT2D eigenvalue weighted by Crippen LogP contribution is -2.58. The van der Waals surface area contributed by atoms with Gasteiger partial charge in [0, 0.05) is 53.5 Å². The van der Waals surface area contributed by atoms with Crippen LogP contribution >= 0.6 is 0 Å². The van der Waals surface area contributed by atoms with Crippen LogP contribution in [0.25, 0.3) is 21.8 Å². The van der Waals surface area contributed by atoms with Gasteiger partial charge in [0.25, 0.3) is 0 Å². The second-order valence-corrected chi connectivity index (χ2v) is 11.9. The largest absolute Gasteiger partial charge is 0.480 e. The zero-order chi connectivity index (χ0) is 33.4. The number of carbonyl (C=O) groups is 5. The number of H-pyrrole nitrogens is 2. The number of amides is 4. The number of hydrogen-bond acceptors (Lipinski definition) is 6. The summed E-state index contributed by atoms with van der Waals surface area (Å²) in [7, 11) is 0. The second-order valence-electron chi connectivity index (χ2n) is 11.9. The van der Waals surface area contributed by atoms with Gasteiger partial charge in [-0.3, -0.25) is 19.2 Å². The predicted molar refractivity (Wildman–Crippen MR) is 173 cm³/mol. The summed E-state index contributed by atoms with van der Waals surface area (Å²) in [5.74, 6) is -3.83. The highest BCUT2D eigenvalue weighted by Gasteiger charge is 2.32. The first-order valence-electron chi connectivity index (χ1n) is 15.2. The van der Waals surface area contributed by atoms with Crippen LogP contribution in [-0.2, 0) is 36.8 Å². The Kier molecular flexibility index (Phi) is 11.2. The van der Waals surface area contributed by atoms with Crippen molar-refractivity contribution in [2.75, 3.05) is 0 Å². The van der Waals surface area contributed by atoms with Gasteiger partial charge in [-0.15, -0.1) is 0 Å². The third kappa shape index (κ3) is 8.72. The topological polar surface area (TPSA) is 225 Å². The van der Waals surface area contributed by atoms with Crippen LogP contribution in [0.4, 0.5) is 0 Å². The standard InChI is InChI=1S/C33H41N7O6/c1-18(2)13-28(33(45)46)40-32(44)27(15-20-17-37-25-10-6-4-8-22(20)25)39-31(43)26(38-30(42)23(34)11-12-29(35)41)14-19-16-36-24-9-5-3-7-21(19)24/h3-10,16-18,23,26-28,36-37H,11-15,34H2,1-2H3,(H2,35,41)(H,38,42)(H,39,43)(H,40,44)(H,45,46). The van der Waals surface area contributed by atoms with Gasteiger partial charge in [0.1, 0.15) is 18.1 Å². The molecule has 4 aromatic rings. The molecule has 0 fully saturated rings. The van der Waals surface area contributed by atoms with Gasteiger partial charge in [-0.2, -0.15) is 0 Å². The number of rotatable bonds is 16. The zero-order valence-corrected chi connectivity index (χ0v) is 25.8. The van der Waals surface area contributed by atoms with Crippen LogP contribution in [0.15, 0.2) is 60.9 Å². The van der Waals surface area contributed by atoms with E-state index < -0.39 is 53.8 Å². The minimum Gasteiger partial charge on any atom is -0.480 e. The van der Waals surface area contributed by atoms with Crippen molar-refractivity contribution >= 4 is 51.4 Å². The SMILES string of the molecule is CC(C)CC(NC(=O)C(Cc1c[nH]c2ccccc12)NC(=O)C(Cc1c[nH]c2ccccc12)NC(=O)C(N)CCC(N)=O)C(=O)O. The average Bonchev–Trinajstić information content (AvgIpc) is 3.62. The Labute approximate surface area is 265 Å². The molecule has 4 atom stereocenters. The Hall–Kier alpha value is -5.17. The highest BCUT2D eigenvalue weighted by molar-refractivity contribution is 5.95. The molecular weight excluding hydrogens is 590 g/mol. The van der Waals surface area contributed by atoms with E-state index in [0.717, 1.165) is 32.9 Å². The molecular formula is C33H41N7O6. The van der Waals surface area contributed by atoms with E-state index in [0.29, 0.717) is 0 Å². The fourth-order valence-electron chi connectivity index (χ4n) is 5.40. The Balaban J connectivity index is 1.63. The number of carbonyl (C=O) groups excluding carboxylic acids is 4. The fourth-order valence-corrected chi connectivity index (χ4v) is 5.40. The fraction of sp³-hybridized carbons (Fsp3) is 0.364. The lowest BCUT2D eigenvalue weighted by Gasteiger charge is -2.25. The van der Waals surface area contributed by atoms with Crippen molar-refractivity contribution in [3.63, 3.8) is 0 Å². The van der Waals surface area contributed by atoms with E-state index in [9.17, 15) is 29.1 Å². The maximum Gasteiger partial charge on any atom is 0.326 e. The van der Waals surface area contributed by atoms with Crippen LogP contribution in [-0.4, -0.2) is 68.8 Å². The summed E-state index contributed by atoms with van der Waals surface area (Å²) in [5.41, 5.74) is 14.4. The third-order valence-corrected chi connectivity index (χ3v) is 7.82. The molecule has 13 nitrogen and oxygen atoms in total. The second kappa shape index (κ2) is 15.2. The van der Waals surface area contributed by atoms with Crippen LogP contribution in [0.1, 0.15) is 44.2 Å². The van der Waals surface area contributed by atoms with Crippen molar-refractivity contribution in [3.05, 3.63) is 72.1 Å². The highest BCUT2D eigenvalue weighted by Crippen LogP contribution is 2.21. The van der Waals surface area contributed by atoms with Gasteiger partial charge in [0.2, 0.25) is 23.6 Å². The van der Waals surface area contributed by atoms with Crippen molar-refractivity contribution in [2.24, 2.45) is 17.4 Å². The Morgan fingerprint density at radius 3 is 1.65 bits per heavy atom. The molecule has 0 aliphatic rings. The number of aromatic nitrogens is 2. The first-order chi connectivity index (χ1) is 21.9. The van der Waals surface area contributed by atoms with E-state index in [2.05, 4.69) is 25.9 Å². The molecule has 4 rings (SSSR count). The van der Waals surface area contributed by atoms with Crippen LogP contribution in [0.5, 0.6) is 0 Å². The molecule has 13 heteroatoms. The molecule has 0 bridgehead atoms. The summed E-state index contributed by atoms with van der Waals surface area (Å²) >= 11 is 0. The molecule has 2 aromatic carbocycles. The monoisotopic (exact) mass is 631 g/mol. The van der Waals surface area contributed by atoms with Crippen molar-refractivity contribution < 1.29 is 29.1 Å². The molecule has 0 aliphatic heterocycles.